The molecular weight excluding hydrogens is 344 g/mol. The first-order valence-electron chi connectivity index (χ1n) is 7.46. The van der Waals surface area contributed by atoms with Crippen molar-refractivity contribution in [3.8, 4) is 0 Å². The molecule has 1 atom stereocenters. The van der Waals surface area contributed by atoms with E-state index in [1.807, 2.05) is 6.92 Å². The first-order valence-corrected chi connectivity index (χ1v) is 8.34. The summed E-state index contributed by atoms with van der Waals surface area (Å²) in [6.45, 7) is 1.82. The summed E-state index contributed by atoms with van der Waals surface area (Å²) in [5, 5.41) is 13.2. The van der Waals surface area contributed by atoms with Crippen molar-refractivity contribution in [2.75, 3.05) is 5.32 Å². The second kappa shape index (κ2) is 6.94. The zero-order chi connectivity index (χ0) is 18.0. The summed E-state index contributed by atoms with van der Waals surface area (Å²) in [6.07, 6.45) is 0. The van der Waals surface area contributed by atoms with Crippen molar-refractivity contribution >= 4 is 35.0 Å². The Morgan fingerprint density at radius 2 is 2.00 bits per heavy atom. The largest absolute Gasteiger partial charge is 0.457 e. The van der Waals surface area contributed by atoms with Gasteiger partial charge in [0.2, 0.25) is 5.91 Å². The van der Waals surface area contributed by atoms with Crippen LogP contribution in [0, 0.1) is 10.1 Å². The molecule has 0 saturated carbocycles. The Hall–Kier alpha value is -2.87. The van der Waals surface area contributed by atoms with Crippen LogP contribution in [0.1, 0.15) is 22.8 Å². The summed E-state index contributed by atoms with van der Waals surface area (Å²) >= 11 is 1.44. The van der Waals surface area contributed by atoms with Crippen molar-refractivity contribution in [1.29, 1.82) is 0 Å². The second-order valence-electron chi connectivity index (χ2n) is 5.46. The van der Waals surface area contributed by atoms with Crippen LogP contribution in [-0.2, 0) is 16.1 Å². The van der Waals surface area contributed by atoms with E-state index in [4.69, 9.17) is 4.74 Å². The number of hydrogen-bond acceptors (Lipinski definition) is 6. The Labute approximate surface area is 147 Å². The molecule has 0 fully saturated rings. The highest BCUT2D eigenvalue weighted by atomic mass is 32.2. The number of nitro benzene ring substituents is 1. The SMILES string of the molecule is C[C@H]1Sc2ccc(C(=O)OCc3ccc([N+](=O)[O-])cc3)cc2NC1=O. The molecule has 0 aliphatic carbocycles. The van der Waals surface area contributed by atoms with Gasteiger partial charge in [-0.25, -0.2) is 4.79 Å². The fraction of sp³-hybridized carbons (Fsp3) is 0.176. The Bertz CT molecular complexity index is 851. The van der Waals surface area contributed by atoms with Gasteiger partial charge in [-0.3, -0.25) is 14.9 Å². The molecule has 7 nitrogen and oxygen atoms in total. The van der Waals surface area contributed by atoms with Crippen molar-refractivity contribution in [2.24, 2.45) is 0 Å². The molecule has 1 aliphatic heterocycles. The molecule has 0 saturated heterocycles. The number of benzene rings is 2. The van der Waals surface area contributed by atoms with E-state index < -0.39 is 10.9 Å². The number of esters is 1. The van der Waals surface area contributed by atoms with Gasteiger partial charge >= 0.3 is 5.97 Å². The first kappa shape index (κ1) is 17.0. The van der Waals surface area contributed by atoms with E-state index in [-0.39, 0.29) is 23.5 Å². The third kappa shape index (κ3) is 3.80. The Balaban J connectivity index is 1.66. The Morgan fingerprint density at radius 1 is 1.28 bits per heavy atom. The van der Waals surface area contributed by atoms with E-state index in [1.54, 1.807) is 18.2 Å². The summed E-state index contributed by atoms with van der Waals surface area (Å²) in [5.74, 6) is -0.632. The van der Waals surface area contributed by atoms with Gasteiger partial charge in [0.25, 0.3) is 5.69 Å². The van der Waals surface area contributed by atoms with Crippen molar-refractivity contribution in [2.45, 2.75) is 23.7 Å². The summed E-state index contributed by atoms with van der Waals surface area (Å²) in [7, 11) is 0. The summed E-state index contributed by atoms with van der Waals surface area (Å²) in [5.41, 5.74) is 1.55. The standard InChI is InChI=1S/C17H14N2O5S/c1-10-16(20)18-14-8-12(4-7-15(14)25-10)17(21)24-9-11-2-5-13(6-3-11)19(22)23/h2-8,10H,9H2,1H3,(H,18,20)/t10-/m1/s1. The molecule has 2 aromatic rings. The maximum atomic E-state index is 12.2. The number of carbonyl (C=O) groups excluding carboxylic acids is 2. The van der Waals surface area contributed by atoms with Crippen LogP contribution >= 0.6 is 11.8 Å². The zero-order valence-electron chi connectivity index (χ0n) is 13.2. The quantitative estimate of drug-likeness (QED) is 0.511. The molecule has 8 heteroatoms. The lowest BCUT2D eigenvalue weighted by Crippen LogP contribution is -2.26. The van der Waals surface area contributed by atoms with Crippen molar-refractivity contribution in [3.05, 3.63) is 63.7 Å². The molecule has 2 aromatic carbocycles. The number of fused-ring (bicyclic) bond motifs is 1. The Morgan fingerprint density at radius 3 is 2.68 bits per heavy atom. The van der Waals surface area contributed by atoms with Crippen molar-refractivity contribution in [3.63, 3.8) is 0 Å². The second-order valence-corrected chi connectivity index (χ2v) is 6.84. The molecule has 0 spiro atoms. The van der Waals surface area contributed by atoms with Crippen molar-refractivity contribution in [1.82, 2.24) is 0 Å². The number of non-ortho nitro benzene ring substituents is 1. The van der Waals surface area contributed by atoms with Gasteiger partial charge in [0.05, 0.1) is 21.4 Å². The third-order valence-corrected chi connectivity index (χ3v) is 4.84. The molecule has 1 N–H and O–H groups in total. The predicted molar refractivity (Wildman–Crippen MR) is 92.6 cm³/mol. The smallest absolute Gasteiger partial charge is 0.338 e. The lowest BCUT2D eigenvalue weighted by molar-refractivity contribution is -0.384. The van der Waals surface area contributed by atoms with E-state index >= 15 is 0 Å². The summed E-state index contributed by atoms with van der Waals surface area (Å²) in [4.78, 5) is 34.9. The number of carbonyl (C=O) groups is 2. The van der Waals surface area contributed by atoms with Gasteiger partial charge in [0.15, 0.2) is 0 Å². The van der Waals surface area contributed by atoms with Crippen molar-refractivity contribution < 1.29 is 19.2 Å². The summed E-state index contributed by atoms with van der Waals surface area (Å²) < 4.78 is 5.23. The number of hydrogen-bond donors (Lipinski definition) is 1. The maximum Gasteiger partial charge on any atom is 0.338 e. The van der Waals surface area contributed by atoms with Gasteiger partial charge in [-0.1, -0.05) is 0 Å². The number of ether oxygens (including phenoxy) is 1. The van der Waals surface area contributed by atoms with Crippen LogP contribution in [0.3, 0.4) is 0 Å². The van der Waals surface area contributed by atoms with Crippen LogP contribution < -0.4 is 5.32 Å². The average Bonchev–Trinajstić information content (AvgIpc) is 2.60. The van der Waals surface area contributed by atoms with Crippen LogP contribution in [0.15, 0.2) is 47.4 Å². The minimum absolute atomic E-state index is 0.00601. The molecule has 0 aromatic heterocycles. The van der Waals surface area contributed by atoms with Gasteiger partial charge in [0, 0.05) is 17.0 Å². The van der Waals surface area contributed by atoms with E-state index in [2.05, 4.69) is 5.32 Å². The maximum absolute atomic E-state index is 12.2. The van der Waals surface area contributed by atoms with Crippen LogP contribution in [0.25, 0.3) is 0 Å². The van der Waals surface area contributed by atoms with E-state index in [1.165, 1.54) is 36.0 Å². The van der Waals surface area contributed by atoms with Crippen LogP contribution in [0.4, 0.5) is 11.4 Å². The third-order valence-electron chi connectivity index (χ3n) is 3.66. The number of nitro groups is 1. The number of rotatable bonds is 4. The van der Waals surface area contributed by atoms with E-state index in [0.717, 1.165) is 4.90 Å². The molecule has 1 aliphatic rings. The highest BCUT2D eigenvalue weighted by Crippen LogP contribution is 2.36. The average molecular weight is 358 g/mol. The number of nitrogens with zero attached hydrogens (tertiary/aromatic N) is 1. The molecule has 128 valence electrons. The fourth-order valence-electron chi connectivity index (χ4n) is 2.28. The van der Waals surface area contributed by atoms with Gasteiger partial charge < -0.3 is 10.1 Å². The van der Waals surface area contributed by atoms with Crippen LogP contribution in [0.5, 0.6) is 0 Å². The molecule has 25 heavy (non-hydrogen) atoms. The van der Waals surface area contributed by atoms with Crippen LogP contribution in [0.2, 0.25) is 0 Å². The van der Waals surface area contributed by atoms with Gasteiger partial charge in [-0.05, 0) is 42.8 Å². The normalized spacial score (nSPS) is 15.9. The molecule has 1 heterocycles. The number of thioether (sulfide) groups is 1. The van der Waals surface area contributed by atoms with Gasteiger partial charge in [-0.15, -0.1) is 11.8 Å². The zero-order valence-corrected chi connectivity index (χ0v) is 14.0. The molecular formula is C17H14N2O5S. The van der Waals surface area contributed by atoms with Crippen LogP contribution in [-0.4, -0.2) is 22.0 Å². The van der Waals surface area contributed by atoms with E-state index in [0.29, 0.717) is 16.8 Å². The number of amides is 1. The number of anilines is 1. The molecule has 3 rings (SSSR count). The summed E-state index contributed by atoms with van der Waals surface area (Å²) in [6, 6.07) is 10.8. The minimum Gasteiger partial charge on any atom is -0.457 e. The van der Waals surface area contributed by atoms with E-state index in [9.17, 15) is 19.7 Å². The van der Waals surface area contributed by atoms with Gasteiger partial charge in [-0.2, -0.15) is 0 Å². The molecule has 0 radical (unpaired) electrons. The lowest BCUT2D eigenvalue weighted by atomic mass is 10.2. The molecule has 0 unspecified atom stereocenters. The monoisotopic (exact) mass is 358 g/mol. The topological polar surface area (TPSA) is 98.5 Å². The minimum atomic E-state index is -0.529. The first-order chi connectivity index (χ1) is 11.9. The van der Waals surface area contributed by atoms with Gasteiger partial charge in [0.1, 0.15) is 6.61 Å². The predicted octanol–water partition coefficient (Wildman–Crippen LogP) is 3.38. The molecule has 1 amide bonds. The highest BCUT2D eigenvalue weighted by molar-refractivity contribution is 8.00. The highest BCUT2D eigenvalue weighted by Gasteiger charge is 2.24. The Kier molecular flexibility index (Phi) is 4.71. The number of nitrogens with one attached hydrogen (secondary N) is 1. The fourth-order valence-corrected chi connectivity index (χ4v) is 3.21. The lowest BCUT2D eigenvalue weighted by Gasteiger charge is -2.21. The molecule has 0 bridgehead atoms.